The maximum atomic E-state index is 5.93. The van der Waals surface area contributed by atoms with E-state index < -0.39 is 0 Å². The fourth-order valence-corrected chi connectivity index (χ4v) is 5.49. The maximum Gasteiger partial charge on any atom is 0.191 e. The Balaban J connectivity index is 1.51. The molecule has 5 heteroatoms. The molecule has 0 aromatic carbocycles. The summed E-state index contributed by atoms with van der Waals surface area (Å²) in [4.78, 5) is 4.44. The molecular formula is C17H31N3OS. The van der Waals surface area contributed by atoms with Crippen LogP contribution in [-0.2, 0) is 4.74 Å². The van der Waals surface area contributed by atoms with Gasteiger partial charge in [0.25, 0.3) is 0 Å². The van der Waals surface area contributed by atoms with Crippen molar-refractivity contribution in [1.82, 2.24) is 10.6 Å². The van der Waals surface area contributed by atoms with E-state index in [1.165, 1.54) is 37.9 Å². The third-order valence-corrected chi connectivity index (χ3v) is 7.44. The highest BCUT2D eigenvalue weighted by Crippen LogP contribution is 2.57. The van der Waals surface area contributed by atoms with Crippen molar-refractivity contribution in [2.45, 2.75) is 69.3 Å². The summed E-state index contributed by atoms with van der Waals surface area (Å²) in [5.41, 5.74) is 0.389. The van der Waals surface area contributed by atoms with Gasteiger partial charge >= 0.3 is 0 Å². The average Bonchev–Trinajstić information content (AvgIpc) is 2.86. The molecule has 0 bridgehead atoms. The molecule has 126 valence electrons. The van der Waals surface area contributed by atoms with Gasteiger partial charge in [-0.2, -0.15) is 11.8 Å². The lowest BCUT2D eigenvalue weighted by molar-refractivity contribution is -0.168. The third kappa shape index (κ3) is 2.99. The van der Waals surface area contributed by atoms with Crippen LogP contribution in [0.5, 0.6) is 0 Å². The van der Waals surface area contributed by atoms with E-state index in [4.69, 9.17) is 4.74 Å². The molecule has 3 fully saturated rings. The predicted octanol–water partition coefficient (Wildman–Crippen LogP) is 2.78. The van der Waals surface area contributed by atoms with Crippen LogP contribution in [0.25, 0.3) is 0 Å². The van der Waals surface area contributed by atoms with E-state index in [1.807, 2.05) is 7.05 Å². The predicted molar refractivity (Wildman–Crippen MR) is 94.7 cm³/mol. The second-order valence-corrected chi connectivity index (χ2v) is 8.97. The van der Waals surface area contributed by atoms with Crippen molar-refractivity contribution in [3.63, 3.8) is 0 Å². The number of nitrogens with zero attached hydrogens (tertiary/aromatic N) is 1. The summed E-state index contributed by atoms with van der Waals surface area (Å²) < 4.78 is 6.31. The number of rotatable bonds is 5. The minimum absolute atomic E-state index is 0.374. The minimum atomic E-state index is 0.374. The van der Waals surface area contributed by atoms with Crippen LogP contribution in [0.15, 0.2) is 4.99 Å². The first-order chi connectivity index (χ1) is 10.6. The molecule has 3 rings (SSSR count). The third-order valence-electron chi connectivity index (χ3n) is 5.90. The standard InChI is InChI=1S/C17H31N3OS/c1-4-21-14-11-13(17(14)8-5-9-17)20-15(18-3)19-12-16(2)7-6-10-22-16/h13-14H,4-12H2,1-3H3,(H2,18,19,20). The number of hydrogen-bond acceptors (Lipinski definition) is 3. The Morgan fingerprint density at radius 3 is 2.68 bits per heavy atom. The first-order valence-corrected chi connectivity index (χ1v) is 9.83. The number of ether oxygens (including phenoxy) is 1. The fourth-order valence-electron chi connectivity index (χ4n) is 4.25. The maximum absolute atomic E-state index is 5.93. The van der Waals surface area contributed by atoms with Crippen molar-refractivity contribution >= 4 is 17.7 Å². The summed E-state index contributed by atoms with van der Waals surface area (Å²) >= 11 is 2.09. The zero-order valence-electron chi connectivity index (χ0n) is 14.3. The van der Waals surface area contributed by atoms with E-state index in [-0.39, 0.29) is 0 Å². The van der Waals surface area contributed by atoms with Crippen LogP contribution < -0.4 is 10.6 Å². The molecule has 1 aliphatic heterocycles. The summed E-state index contributed by atoms with van der Waals surface area (Å²) in [5, 5.41) is 7.24. The van der Waals surface area contributed by atoms with Gasteiger partial charge in [0, 0.05) is 36.4 Å². The number of guanidine groups is 1. The molecule has 0 aromatic rings. The molecule has 2 N–H and O–H groups in total. The van der Waals surface area contributed by atoms with E-state index in [0.29, 0.717) is 22.3 Å². The molecule has 1 saturated heterocycles. The molecule has 4 nitrogen and oxygen atoms in total. The van der Waals surface area contributed by atoms with Gasteiger partial charge in [-0.1, -0.05) is 6.42 Å². The smallest absolute Gasteiger partial charge is 0.191 e. The summed E-state index contributed by atoms with van der Waals surface area (Å²) in [6, 6.07) is 0.535. The molecule has 2 aliphatic carbocycles. The van der Waals surface area contributed by atoms with Crippen molar-refractivity contribution in [3.8, 4) is 0 Å². The molecule has 3 atom stereocenters. The quantitative estimate of drug-likeness (QED) is 0.603. The molecule has 0 amide bonds. The first kappa shape index (κ1) is 16.4. The van der Waals surface area contributed by atoms with Crippen molar-refractivity contribution in [2.24, 2.45) is 10.4 Å². The van der Waals surface area contributed by atoms with Crippen LogP contribution in [0, 0.1) is 5.41 Å². The van der Waals surface area contributed by atoms with Gasteiger partial charge in [-0.15, -0.1) is 0 Å². The lowest BCUT2D eigenvalue weighted by Gasteiger charge is -2.61. The summed E-state index contributed by atoms with van der Waals surface area (Å²) in [6.45, 7) is 6.31. The van der Waals surface area contributed by atoms with Crippen LogP contribution >= 0.6 is 11.8 Å². The molecule has 1 spiro atoms. The van der Waals surface area contributed by atoms with Gasteiger partial charge in [0.05, 0.1) is 6.10 Å². The van der Waals surface area contributed by atoms with Gasteiger partial charge in [-0.25, -0.2) is 0 Å². The summed E-state index contributed by atoms with van der Waals surface area (Å²) in [6.07, 6.45) is 8.20. The van der Waals surface area contributed by atoms with E-state index >= 15 is 0 Å². The zero-order chi connectivity index (χ0) is 15.6. The van der Waals surface area contributed by atoms with Crippen molar-refractivity contribution < 1.29 is 4.74 Å². The summed E-state index contributed by atoms with van der Waals surface area (Å²) in [5.74, 6) is 2.27. The fraction of sp³-hybridized carbons (Fsp3) is 0.941. The van der Waals surface area contributed by atoms with Crippen LogP contribution in [0.1, 0.15) is 52.4 Å². The highest BCUT2D eigenvalue weighted by Gasteiger charge is 2.59. The SMILES string of the molecule is CCOC1CC(NC(=NC)NCC2(C)CCCS2)C12CCC2. The summed E-state index contributed by atoms with van der Waals surface area (Å²) in [7, 11) is 1.88. The Hall–Kier alpha value is -0.420. The highest BCUT2D eigenvalue weighted by atomic mass is 32.2. The number of hydrogen-bond donors (Lipinski definition) is 2. The molecule has 0 aromatic heterocycles. The largest absolute Gasteiger partial charge is 0.378 e. The average molecular weight is 326 g/mol. The topological polar surface area (TPSA) is 45.6 Å². The van der Waals surface area contributed by atoms with E-state index in [0.717, 1.165) is 25.5 Å². The number of nitrogens with one attached hydrogen (secondary N) is 2. The minimum Gasteiger partial charge on any atom is -0.378 e. The molecule has 2 saturated carbocycles. The van der Waals surface area contributed by atoms with Crippen LogP contribution in [-0.4, -0.2) is 48.8 Å². The monoisotopic (exact) mass is 325 g/mol. The lowest BCUT2D eigenvalue weighted by Crippen LogP contribution is -2.68. The molecule has 22 heavy (non-hydrogen) atoms. The van der Waals surface area contributed by atoms with Crippen LogP contribution in [0.2, 0.25) is 0 Å². The Bertz CT molecular complexity index is 416. The van der Waals surface area contributed by atoms with Gasteiger partial charge in [-0.3, -0.25) is 4.99 Å². The van der Waals surface area contributed by atoms with E-state index in [2.05, 4.69) is 41.2 Å². The Morgan fingerprint density at radius 1 is 1.32 bits per heavy atom. The van der Waals surface area contributed by atoms with Gasteiger partial charge in [0.15, 0.2) is 5.96 Å². The van der Waals surface area contributed by atoms with Gasteiger partial charge in [0.1, 0.15) is 0 Å². The normalized spacial score (nSPS) is 36.8. The van der Waals surface area contributed by atoms with E-state index in [9.17, 15) is 0 Å². The van der Waals surface area contributed by atoms with Crippen molar-refractivity contribution in [3.05, 3.63) is 0 Å². The Morgan fingerprint density at radius 2 is 2.14 bits per heavy atom. The molecule has 0 radical (unpaired) electrons. The van der Waals surface area contributed by atoms with Gasteiger partial charge in [-0.05, 0) is 51.7 Å². The second kappa shape index (κ2) is 6.60. The van der Waals surface area contributed by atoms with E-state index in [1.54, 1.807) is 0 Å². The Kier molecular flexibility index (Phi) is 4.93. The molecule has 1 heterocycles. The van der Waals surface area contributed by atoms with Gasteiger partial charge in [0.2, 0.25) is 0 Å². The van der Waals surface area contributed by atoms with Crippen molar-refractivity contribution in [2.75, 3.05) is 26.0 Å². The highest BCUT2D eigenvalue weighted by molar-refractivity contribution is 8.00. The molecular weight excluding hydrogens is 294 g/mol. The number of thioether (sulfide) groups is 1. The zero-order valence-corrected chi connectivity index (χ0v) is 15.1. The van der Waals surface area contributed by atoms with Crippen LogP contribution in [0.4, 0.5) is 0 Å². The molecule has 3 unspecified atom stereocenters. The first-order valence-electron chi connectivity index (χ1n) is 8.85. The number of aliphatic imine (C=N–C) groups is 1. The van der Waals surface area contributed by atoms with Crippen molar-refractivity contribution in [1.29, 1.82) is 0 Å². The molecule has 3 aliphatic rings. The lowest BCUT2D eigenvalue weighted by atomic mass is 9.51. The van der Waals surface area contributed by atoms with Gasteiger partial charge < -0.3 is 15.4 Å². The second-order valence-electron chi connectivity index (χ2n) is 7.29. The van der Waals surface area contributed by atoms with Crippen LogP contribution in [0.3, 0.4) is 0 Å². The Labute approximate surface area is 139 Å².